The predicted molar refractivity (Wildman–Crippen MR) is 72.3 cm³/mol. The normalized spacial score (nSPS) is 10.8. The molecule has 92 valence electrons. The smallest absolute Gasteiger partial charge is 0.211 e. The number of thiophene rings is 1. The molecule has 0 aromatic carbocycles. The van der Waals surface area contributed by atoms with E-state index in [4.69, 9.17) is 4.74 Å². The Bertz CT molecular complexity index is 495. The molecule has 17 heavy (non-hydrogen) atoms. The van der Waals surface area contributed by atoms with E-state index >= 15 is 0 Å². The van der Waals surface area contributed by atoms with Gasteiger partial charge in [-0.25, -0.2) is 4.68 Å². The molecule has 0 fully saturated rings. The molecule has 0 aliphatic heterocycles. The van der Waals surface area contributed by atoms with E-state index < -0.39 is 0 Å². The second kappa shape index (κ2) is 5.66. The Morgan fingerprint density at radius 2 is 2.29 bits per heavy atom. The van der Waals surface area contributed by atoms with Gasteiger partial charge in [0.15, 0.2) is 0 Å². The molecule has 0 aliphatic carbocycles. The third-order valence-electron chi connectivity index (χ3n) is 2.35. The molecule has 0 atom stereocenters. The molecular weight excluding hydrogens is 302 g/mol. The number of hydrogen-bond donors (Lipinski definition) is 1. The molecule has 0 aliphatic rings. The van der Waals surface area contributed by atoms with Crippen molar-refractivity contribution in [1.82, 2.24) is 15.1 Å². The summed E-state index contributed by atoms with van der Waals surface area (Å²) in [5.41, 5.74) is 2.27. The van der Waals surface area contributed by atoms with E-state index in [0.717, 1.165) is 28.4 Å². The van der Waals surface area contributed by atoms with Crippen LogP contribution in [0.4, 0.5) is 0 Å². The first-order chi connectivity index (χ1) is 8.19. The van der Waals surface area contributed by atoms with Crippen LogP contribution in [-0.4, -0.2) is 16.9 Å². The Morgan fingerprint density at radius 1 is 1.47 bits per heavy atom. The highest BCUT2D eigenvalue weighted by Crippen LogP contribution is 2.20. The van der Waals surface area contributed by atoms with Crippen LogP contribution in [0.5, 0.6) is 5.88 Å². The molecule has 0 radical (unpaired) electrons. The van der Waals surface area contributed by atoms with Crippen molar-refractivity contribution in [2.75, 3.05) is 7.11 Å². The summed E-state index contributed by atoms with van der Waals surface area (Å²) < 4.78 is 8.06. The van der Waals surface area contributed by atoms with Crippen molar-refractivity contribution in [3.8, 4) is 5.88 Å². The molecule has 2 heterocycles. The summed E-state index contributed by atoms with van der Waals surface area (Å²) in [4.78, 5) is 0. The molecule has 0 saturated carbocycles. The van der Waals surface area contributed by atoms with Crippen molar-refractivity contribution in [1.29, 1.82) is 0 Å². The van der Waals surface area contributed by atoms with Crippen LogP contribution in [0.3, 0.4) is 0 Å². The van der Waals surface area contributed by atoms with Crippen LogP contribution >= 0.6 is 27.3 Å². The van der Waals surface area contributed by atoms with Gasteiger partial charge < -0.3 is 10.1 Å². The first-order valence-corrected chi connectivity index (χ1v) is 6.87. The first-order valence-electron chi connectivity index (χ1n) is 5.19. The van der Waals surface area contributed by atoms with E-state index in [-0.39, 0.29) is 0 Å². The number of nitrogens with zero attached hydrogens (tertiary/aromatic N) is 2. The Balaban J connectivity index is 1.85. The average molecular weight is 316 g/mol. The lowest BCUT2D eigenvalue weighted by molar-refractivity contribution is 0.373. The minimum atomic E-state index is 0.741. The van der Waals surface area contributed by atoms with E-state index in [1.165, 1.54) is 5.56 Å². The van der Waals surface area contributed by atoms with Crippen LogP contribution < -0.4 is 10.1 Å². The molecule has 0 bridgehead atoms. The topological polar surface area (TPSA) is 39.1 Å². The third-order valence-corrected chi connectivity index (χ3v) is 3.91. The van der Waals surface area contributed by atoms with Gasteiger partial charge in [-0.1, -0.05) is 0 Å². The lowest BCUT2D eigenvalue weighted by atomic mass is 10.3. The lowest BCUT2D eigenvalue weighted by Gasteiger charge is -1.99. The van der Waals surface area contributed by atoms with E-state index in [2.05, 4.69) is 37.8 Å². The standard InChI is InChI=1S/C11H14BrN3OS/c1-15-11(16-2)4-9(14-15)6-13-5-8-3-10(12)17-7-8/h3-4,7,13H,5-6H2,1-2H3. The fraction of sp³-hybridized carbons (Fsp3) is 0.364. The summed E-state index contributed by atoms with van der Waals surface area (Å²) in [7, 11) is 3.52. The van der Waals surface area contributed by atoms with Gasteiger partial charge in [0, 0.05) is 26.2 Å². The summed E-state index contributed by atoms with van der Waals surface area (Å²) >= 11 is 5.15. The average Bonchev–Trinajstić information content (AvgIpc) is 2.85. The summed E-state index contributed by atoms with van der Waals surface area (Å²) in [6.07, 6.45) is 0. The second-order valence-corrected chi connectivity index (χ2v) is 5.95. The zero-order valence-electron chi connectivity index (χ0n) is 9.74. The van der Waals surface area contributed by atoms with Gasteiger partial charge in [-0.05, 0) is 32.9 Å². The van der Waals surface area contributed by atoms with Crippen LogP contribution in [0.25, 0.3) is 0 Å². The van der Waals surface area contributed by atoms with Gasteiger partial charge in [-0.3, -0.25) is 0 Å². The van der Waals surface area contributed by atoms with Gasteiger partial charge in [-0.15, -0.1) is 11.3 Å². The van der Waals surface area contributed by atoms with Crippen LogP contribution in [0, 0.1) is 0 Å². The Kier molecular flexibility index (Phi) is 4.20. The van der Waals surface area contributed by atoms with E-state index in [1.54, 1.807) is 23.1 Å². The number of ether oxygens (including phenoxy) is 1. The van der Waals surface area contributed by atoms with Gasteiger partial charge in [0.25, 0.3) is 0 Å². The third kappa shape index (κ3) is 3.31. The van der Waals surface area contributed by atoms with Gasteiger partial charge in [0.2, 0.25) is 5.88 Å². The van der Waals surface area contributed by atoms with E-state index in [0.29, 0.717) is 0 Å². The highest BCUT2D eigenvalue weighted by Gasteiger charge is 2.04. The fourth-order valence-electron chi connectivity index (χ4n) is 1.56. The van der Waals surface area contributed by atoms with Crippen LogP contribution in [0.1, 0.15) is 11.3 Å². The van der Waals surface area contributed by atoms with Gasteiger partial charge in [-0.2, -0.15) is 5.10 Å². The number of aryl methyl sites for hydroxylation is 1. The zero-order chi connectivity index (χ0) is 12.3. The first kappa shape index (κ1) is 12.6. The van der Waals surface area contributed by atoms with E-state index in [9.17, 15) is 0 Å². The Labute approximate surface area is 113 Å². The SMILES string of the molecule is COc1cc(CNCc2csc(Br)c2)nn1C. The molecule has 2 rings (SSSR count). The quantitative estimate of drug-likeness (QED) is 0.921. The predicted octanol–water partition coefficient (Wildman–Crippen LogP) is 2.54. The number of hydrogen-bond acceptors (Lipinski definition) is 4. The Morgan fingerprint density at radius 3 is 2.88 bits per heavy atom. The largest absolute Gasteiger partial charge is 0.481 e. The second-order valence-electron chi connectivity index (χ2n) is 3.66. The van der Waals surface area contributed by atoms with Crippen molar-refractivity contribution in [3.05, 3.63) is 32.6 Å². The maximum Gasteiger partial charge on any atom is 0.211 e. The van der Waals surface area contributed by atoms with Crippen molar-refractivity contribution in [3.63, 3.8) is 0 Å². The number of methoxy groups -OCH3 is 1. The lowest BCUT2D eigenvalue weighted by Crippen LogP contribution is -2.12. The highest BCUT2D eigenvalue weighted by molar-refractivity contribution is 9.11. The highest BCUT2D eigenvalue weighted by atomic mass is 79.9. The van der Waals surface area contributed by atoms with Crippen molar-refractivity contribution in [2.24, 2.45) is 7.05 Å². The van der Waals surface area contributed by atoms with E-state index in [1.807, 2.05) is 13.1 Å². The molecule has 0 spiro atoms. The van der Waals surface area contributed by atoms with Crippen molar-refractivity contribution >= 4 is 27.3 Å². The molecule has 1 N–H and O–H groups in total. The Hall–Kier alpha value is -0.850. The summed E-state index contributed by atoms with van der Waals surface area (Å²) in [5, 5.41) is 9.83. The number of aromatic nitrogens is 2. The molecule has 6 heteroatoms. The van der Waals surface area contributed by atoms with Crippen LogP contribution in [-0.2, 0) is 20.1 Å². The summed E-state index contributed by atoms with van der Waals surface area (Å²) in [5.74, 6) is 0.778. The summed E-state index contributed by atoms with van der Waals surface area (Å²) in [6, 6.07) is 4.06. The molecular formula is C11H14BrN3OS. The fourth-order valence-corrected chi connectivity index (χ4v) is 2.77. The molecule has 2 aromatic heterocycles. The minimum Gasteiger partial charge on any atom is -0.481 e. The van der Waals surface area contributed by atoms with Crippen molar-refractivity contribution in [2.45, 2.75) is 13.1 Å². The van der Waals surface area contributed by atoms with Crippen LogP contribution in [0.2, 0.25) is 0 Å². The van der Waals surface area contributed by atoms with Gasteiger partial charge in [0.1, 0.15) is 0 Å². The number of rotatable bonds is 5. The minimum absolute atomic E-state index is 0.741. The maximum absolute atomic E-state index is 5.16. The summed E-state index contributed by atoms with van der Waals surface area (Å²) in [6.45, 7) is 1.59. The zero-order valence-corrected chi connectivity index (χ0v) is 12.1. The van der Waals surface area contributed by atoms with Crippen molar-refractivity contribution < 1.29 is 4.74 Å². The molecule has 0 unspecified atom stereocenters. The molecule has 4 nitrogen and oxygen atoms in total. The van der Waals surface area contributed by atoms with Crippen LogP contribution in [0.15, 0.2) is 21.3 Å². The molecule has 0 amide bonds. The number of halogens is 1. The molecule has 0 saturated heterocycles. The van der Waals surface area contributed by atoms with Gasteiger partial charge >= 0.3 is 0 Å². The van der Waals surface area contributed by atoms with Gasteiger partial charge in [0.05, 0.1) is 16.6 Å². The number of nitrogens with one attached hydrogen (secondary N) is 1. The maximum atomic E-state index is 5.16. The molecule has 2 aromatic rings. The monoisotopic (exact) mass is 315 g/mol.